The Morgan fingerprint density at radius 1 is 1.33 bits per heavy atom. The van der Waals surface area contributed by atoms with Gasteiger partial charge in [-0.15, -0.1) is 11.3 Å². The zero-order valence-electron chi connectivity index (χ0n) is 11.8. The molecule has 0 saturated carbocycles. The predicted octanol–water partition coefficient (Wildman–Crippen LogP) is 3.79. The normalized spacial score (nSPS) is 17.1. The van der Waals surface area contributed by atoms with Gasteiger partial charge < -0.3 is 5.32 Å². The Bertz CT molecular complexity index is 418. The molecule has 1 heterocycles. The van der Waals surface area contributed by atoms with Crippen LogP contribution >= 0.6 is 11.3 Å². The number of hydrogen-bond acceptors (Lipinski definition) is 2. The molecule has 1 amide bonds. The van der Waals surface area contributed by atoms with Crippen LogP contribution in [-0.2, 0) is 12.8 Å². The van der Waals surface area contributed by atoms with E-state index in [1.807, 2.05) is 0 Å². The van der Waals surface area contributed by atoms with Gasteiger partial charge in [-0.1, -0.05) is 20.8 Å². The summed E-state index contributed by atoms with van der Waals surface area (Å²) >= 11 is 1.68. The lowest BCUT2D eigenvalue weighted by atomic mass is 9.88. The van der Waals surface area contributed by atoms with E-state index in [2.05, 4.69) is 39.1 Å². The molecule has 1 N–H and O–H groups in total. The molecule has 0 saturated heterocycles. The highest BCUT2D eigenvalue weighted by Crippen LogP contribution is 2.30. The lowest BCUT2D eigenvalue weighted by molar-refractivity contribution is 0.0914. The average Bonchev–Trinajstić information content (AvgIpc) is 2.71. The maximum atomic E-state index is 12.2. The topological polar surface area (TPSA) is 29.1 Å². The highest BCUT2D eigenvalue weighted by atomic mass is 32.1. The van der Waals surface area contributed by atoms with E-state index >= 15 is 0 Å². The van der Waals surface area contributed by atoms with Crippen LogP contribution in [0, 0.1) is 5.41 Å². The molecule has 0 spiro atoms. The molecule has 2 nitrogen and oxygen atoms in total. The van der Waals surface area contributed by atoms with Gasteiger partial charge in [-0.3, -0.25) is 4.79 Å². The van der Waals surface area contributed by atoms with Crippen molar-refractivity contribution in [2.75, 3.05) is 0 Å². The van der Waals surface area contributed by atoms with E-state index in [1.54, 1.807) is 11.3 Å². The summed E-state index contributed by atoms with van der Waals surface area (Å²) in [4.78, 5) is 14.5. The summed E-state index contributed by atoms with van der Waals surface area (Å²) < 4.78 is 0. The van der Waals surface area contributed by atoms with Gasteiger partial charge in [-0.25, -0.2) is 0 Å². The lowest BCUT2D eigenvalue weighted by Crippen LogP contribution is -2.41. The summed E-state index contributed by atoms with van der Waals surface area (Å²) in [5.74, 6) is 0.0943. The molecule has 0 unspecified atom stereocenters. The number of carbonyl (C=O) groups excluding carboxylic acids is 1. The second-order valence-electron chi connectivity index (χ2n) is 6.33. The van der Waals surface area contributed by atoms with Crippen LogP contribution in [0.25, 0.3) is 0 Å². The summed E-state index contributed by atoms with van der Waals surface area (Å²) in [6.07, 6.45) is 4.84. The van der Waals surface area contributed by atoms with Gasteiger partial charge in [0.2, 0.25) is 0 Å². The number of amides is 1. The van der Waals surface area contributed by atoms with E-state index in [1.165, 1.54) is 23.3 Å². The Morgan fingerprint density at radius 2 is 2.00 bits per heavy atom. The summed E-state index contributed by atoms with van der Waals surface area (Å²) in [5.41, 5.74) is 1.51. The number of nitrogens with one attached hydrogen (secondary N) is 1. The number of rotatable bonds is 2. The van der Waals surface area contributed by atoms with E-state index < -0.39 is 0 Å². The van der Waals surface area contributed by atoms with Crippen molar-refractivity contribution in [2.45, 2.75) is 59.4 Å². The van der Waals surface area contributed by atoms with Gasteiger partial charge in [0.05, 0.1) is 4.88 Å². The van der Waals surface area contributed by atoms with Gasteiger partial charge in [-0.05, 0) is 49.7 Å². The van der Waals surface area contributed by atoms with Crippen molar-refractivity contribution < 1.29 is 4.79 Å². The highest BCUT2D eigenvalue weighted by Gasteiger charge is 2.24. The molecule has 100 valence electrons. The first-order valence-corrected chi connectivity index (χ1v) is 7.62. The Morgan fingerprint density at radius 3 is 2.61 bits per heavy atom. The Kier molecular flexibility index (Phi) is 3.81. The molecule has 0 radical (unpaired) electrons. The van der Waals surface area contributed by atoms with Crippen LogP contribution in [0.3, 0.4) is 0 Å². The standard InChI is InChI=1S/C15H23NOS/c1-10(15(2,3)4)16-14(17)13-9-11-7-5-6-8-12(11)18-13/h9-10H,5-8H2,1-4H3,(H,16,17)/t10-/m0/s1. The van der Waals surface area contributed by atoms with Crippen molar-refractivity contribution in [3.63, 3.8) is 0 Å². The van der Waals surface area contributed by atoms with E-state index in [-0.39, 0.29) is 17.4 Å². The fourth-order valence-electron chi connectivity index (χ4n) is 2.09. The summed E-state index contributed by atoms with van der Waals surface area (Å²) in [5, 5.41) is 3.12. The zero-order chi connectivity index (χ0) is 13.3. The number of fused-ring (bicyclic) bond motifs is 1. The molecular formula is C15H23NOS. The van der Waals surface area contributed by atoms with Gasteiger partial charge in [0.25, 0.3) is 5.91 Å². The molecule has 3 heteroatoms. The molecular weight excluding hydrogens is 242 g/mol. The number of aryl methyl sites for hydroxylation is 2. The van der Waals surface area contributed by atoms with Crippen LogP contribution in [0.15, 0.2) is 6.07 Å². The van der Waals surface area contributed by atoms with Crippen LogP contribution in [0.4, 0.5) is 0 Å². The van der Waals surface area contributed by atoms with Crippen molar-refractivity contribution in [1.82, 2.24) is 5.32 Å². The van der Waals surface area contributed by atoms with Crippen molar-refractivity contribution in [3.05, 3.63) is 21.4 Å². The predicted molar refractivity (Wildman–Crippen MR) is 77.3 cm³/mol. The fourth-order valence-corrected chi connectivity index (χ4v) is 3.24. The number of thiophene rings is 1. The smallest absolute Gasteiger partial charge is 0.261 e. The van der Waals surface area contributed by atoms with Crippen LogP contribution in [0.1, 0.15) is 60.6 Å². The minimum absolute atomic E-state index is 0.0943. The molecule has 1 aromatic heterocycles. The second-order valence-corrected chi connectivity index (χ2v) is 7.46. The Labute approximate surface area is 114 Å². The van der Waals surface area contributed by atoms with Crippen molar-refractivity contribution in [2.24, 2.45) is 5.41 Å². The van der Waals surface area contributed by atoms with Gasteiger partial charge in [-0.2, -0.15) is 0 Å². The maximum Gasteiger partial charge on any atom is 0.261 e. The largest absolute Gasteiger partial charge is 0.348 e. The van der Waals surface area contributed by atoms with Gasteiger partial charge in [0.15, 0.2) is 0 Å². The number of carbonyl (C=O) groups is 1. The first-order valence-electron chi connectivity index (χ1n) is 6.80. The lowest BCUT2D eigenvalue weighted by Gasteiger charge is -2.27. The van der Waals surface area contributed by atoms with E-state index in [9.17, 15) is 4.79 Å². The van der Waals surface area contributed by atoms with E-state index in [0.717, 1.165) is 17.7 Å². The molecule has 1 aliphatic rings. The van der Waals surface area contributed by atoms with Crippen molar-refractivity contribution in [1.29, 1.82) is 0 Å². The molecule has 1 aromatic rings. The first kappa shape index (κ1) is 13.6. The fraction of sp³-hybridized carbons (Fsp3) is 0.667. The third-order valence-electron chi connectivity index (χ3n) is 3.87. The molecule has 1 aliphatic carbocycles. The van der Waals surface area contributed by atoms with Gasteiger partial charge in [0.1, 0.15) is 0 Å². The SMILES string of the molecule is C[C@H](NC(=O)c1cc2c(s1)CCCC2)C(C)(C)C. The van der Waals surface area contributed by atoms with Crippen LogP contribution < -0.4 is 5.32 Å². The quantitative estimate of drug-likeness (QED) is 0.866. The molecule has 0 aromatic carbocycles. The van der Waals surface area contributed by atoms with Crippen LogP contribution in [-0.4, -0.2) is 11.9 Å². The van der Waals surface area contributed by atoms with Crippen LogP contribution in [0.2, 0.25) is 0 Å². The highest BCUT2D eigenvalue weighted by molar-refractivity contribution is 7.14. The molecule has 0 aliphatic heterocycles. The van der Waals surface area contributed by atoms with Crippen molar-refractivity contribution in [3.8, 4) is 0 Å². The average molecular weight is 265 g/mol. The Balaban J connectivity index is 2.07. The Hall–Kier alpha value is -0.830. The summed E-state index contributed by atoms with van der Waals surface area (Å²) in [7, 11) is 0. The number of hydrogen-bond donors (Lipinski definition) is 1. The zero-order valence-corrected chi connectivity index (χ0v) is 12.6. The third-order valence-corrected chi connectivity index (χ3v) is 5.10. The van der Waals surface area contributed by atoms with E-state index in [4.69, 9.17) is 0 Å². The van der Waals surface area contributed by atoms with Gasteiger partial charge in [0, 0.05) is 10.9 Å². The monoisotopic (exact) mass is 265 g/mol. The maximum absolute atomic E-state index is 12.2. The minimum atomic E-state index is 0.0943. The molecule has 0 fully saturated rings. The third kappa shape index (κ3) is 2.94. The summed E-state index contributed by atoms with van der Waals surface area (Å²) in [6, 6.07) is 2.29. The second kappa shape index (κ2) is 5.04. The molecule has 2 rings (SSSR count). The summed E-state index contributed by atoms with van der Waals surface area (Å²) in [6.45, 7) is 8.53. The van der Waals surface area contributed by atoms with E-state index in [0.29, 0.717) is 0 Å². The first-order chi connectivity index (χ1) is 8.38. The van der Waals surface area contributed by atoms with Crippen LogP contribution in [0.5, 0.6) is 0 Å². The van der Waals surface area contributed by atoms with Gasteiger partial charge >= 0.3 is 0 Å². The minimum Gasteiger partial charge on any atom is -0.348 e. The molecule has 1 atom stereocenters. The molecule has 18 heavy (non-hydrogen) atoms. The molecule has 0 bridgehead atoms. The van der Waals surface area contributed by atoms with Crippen molar-refractivity contribution >= 4 is 17.2 Å².